The number of hydrogen-bond donors (Lipinski definition) is 0. The zero-order chi connectivity index (χ0) is 12.3. The third-order valence-corrected chi connectivity index (χ3v) is 3.67. The number of ketones is 1. The van der Waals surface area contributed by atoms with Crippen LogP contribution < -0.4 is 0 Å². The molecule has 0 atom stereocenters. The summed E-state index contributed by atoms with van der Waals surface area (Å²) in [6.45, 7) is 1.50. The number of Topliss-reactive ketones (excluding diaryl/α,β-unsaturated/α-hetero) is 1. The van der Waals surface area contributed by atoms with Crippen LogP contribution in [0.2, 0.25) is 0 Å². The molecule has 1 aromatic rings. The standard InChI is InChI=1S/C11H12N2O3S/c14-10-5-7-12(8-6-10)17-11-3-1-9(2-4-11)13(15)16/h1-4H,5-8H2. The maximum Gasteiger partial charge on any atom is 0.269 e. The Morgan fingerprint density at radius 3 is 2.29 bits per heavy atom. The maximum atomic E-state index is 11.1. The fourth-order valence-corrected chi connectivity index (χ4v) is 2.53. The zero-order valence-electron chi connectivity index (χ0n) is 9.17. The van der Waals surface area contributed by atoms with Crippen LogP contribution >= 0.6 is 11.9 Å². The molecule has 1 aliphatic heterocycles. The number of piperidine rings is 1. The van der Waals surface area contributed by atoms with Crippen molar-refractivity contribution in [1.29, 1.82) is 0 Å². The highest BCUT2D eigenvalue weighted by Crippen LogP contribution is 2.26. The third kappa shape index (κ3) is 3.28. The van der Waals surface area contributed by atoms with Gasteiger partial charge in [0.15, 0.2) is 0 Å². The Kier molecular flexibility index (Phi) is 3.75. The molecule has 2 rings (SSSR count). The first-order valence-electron chi connectivity index (χ1n) is 5.34. The van der Waals surface area contributed by atoms with Crippen molar-refractivity contribution in [3.8, 4) is 0 Å². The smallest absolute Gasteiger partial charge is 0.269 e. The van der Waals surface area contributed by atoms with Crippen molar-refractivity contribution in [2.75, 3.05) is 13.1 Å². The Morgan fingerprint density at radius 2 is 1.76 bits per heavy atom. The van der Waals surface area contributed by atoms with Crippen LogP contribution in [-0.2, 0) is 4.79 Å². The van der Waals surface area contributed by atoms with Crippen LogP contribution in [0, 0.1) is 10.1 Å². The van der Waals surface area contributed by atoms with E-state index in [2.05, 4.69) is 4.31 Å². The fourth-order valence-electron chi connectivity index (χ4n) is 1.60. The summed E-state index contributed by atoms with van der Waals surface area (Å²) in [4.78, 5) is 22.1. The Hall–Kier alpha value is -1.40. The molecule has 1 aliphatic rings. The average Bonchev–Trinajstić information content (AvgIpc) is 2.33. The van der Waals surface area contributed by atoms with Gasteiger partial charge in [-0.05, 0) is 24.1 Å². The van der Waals surface area contributed by atoms with Crippen molar-refractivity contribution >= 4 is 23.4 Å². The van der Waals surface area contributed by atoms with Gasteiger partial charge in [-0.3, -0.25) is 14.9 Å². The summed E-state index contributed by atoms with van der Waals surface area (Å²) >= 11 is 1.55. The molecule has 0 spiro atoms. The summed E-state index contributed by atoms with van der Waals surface area (Å²) in [5, 5.41) is 10.5. The topological polar surface area (TPSA) is 63.5 Å². The van der Waals surface area contributed by atoms with Gasteiger partial charge in [0.1, 0.15) is 5.78 Å². The number of nitro groups is 1. The molecule has 6 heteroatoms. The third-order valence-electron chi connectivity index (χ3n) is 2.56. The molecule has 90 valence electrons. The summed E-state index contributed by atoms with van der Waals surface area (Å²) in [5.74, 6) is 0.311. The number of rotatable bonds is 3. The largest absolute Gasteiger partial charge is 0.300 e. The van der Waals surface area contributed by atoms with Gasteiger partial charge >= 0.3 is 0 Å². The summed E-state index contributed by atoms with van der Waals surface area (Å²) in [7, 11) is 0. The van der Waals surface area contributed by atoms with Crippen LogP contribution in [0.15, 0.2) is 29.2 Å². The lowest BCUT2D eigenvalue weighted by Crippen LogP contribution is -2.28. The minimum absolute atomic E-state index is 0.100. The fraction of sp³-hybridized carbons (Fsp3) is 0.364. The summed E-state index contributed by atoms with van der Waals surface area (Å²) in [5.41, 5.74) is 0.100. The monoisotopic (exact) mass is 252 g/mol. The zero-order valence-corrected chi connectivity index (χ0v) is 9.98. The van der Waals surface area contributed by atoms with Gasteiger partial charge in [-0.25, -0.2) is 4.31 Å². The molecule has 0 aliphatic carbocycles. The van der Waals surface area contributed by atoms with Crippen LogP contribution in [0.5, 0.6) is 0 Å². The number of benzene rings is 1. The lowest BCUT2D eigenvalue weighted by molar-refractivity contribution is -0.384. The Labute approximate surface area is 103 Å². The number of carbonyl (C=O) groups is 1. The molecular formula is C11H12N2O3S. The molecular weight excluding hydrogens is 240 g/mol. The number of nitro benzene ring substituents is 1. The van der Waals surface area contributed by atoms with Crippen molar-refractivity contribution in [3.05, 3.63) is 34.4 Å². The molecule has 0 saturated carbocycles. The lowest BCUT2D eigenvalue weighted by Gasteiger charge is -2.24. The molecule has 1 heterocycles. The minimum atomic E-state index is -0.409. The molecule has 0 bridgehead atoms. The van der Waals surface area contributed by atoms with Crippen LogP contribution in [0.1, 0.15) is 12.8 Å². The van der Waals surface area contributed by atoms with Gasteiger partial charge in [-0.15, -0.1) is 0 Å². The summed E-state index contributed by atoms with van der Waals surface area (Å²) in [6.07, 6.45) is 1.19. The van der Waals surface area contributed by atoms with E-state index in [9.17, 15) is 14.9 Å². The number of non-ortho nitro benzene ring substituents is 1. The molecule has 17 heavy (non-hydrogen) atoms. The summed E-state index contributed by atoms with van der Waals surface area (Å²) in [6, 6.07) is 6.47. The average molecular weight is 252 g/mol. The Morgan fingerprint density at radius 1 is 1.18 bits per heavy atom. The first-order valence-corrected chi connectivity index (χ1v) is 6.11. The van der Waals surface area contributed by atoms with E-state index in [1.807, 2.05) is 0 Å². The second-order valence-corrected chi connectivity index (χ2v) is 4.98. The normalized spacial score (nSPS) is 17.1. The first kappa shape index (κ1) is 12.1. The first-order chi connectivity index (χ1) is 8.15. The lowest BCUT2D eigenvalue weighted by atomic mass is 10.1. The van der Waals surface area contributed by atoms with Crippen molar-refractivity contribution in [3.63, 3.8) is 0 Å². The predicted octanol–water partition coefficient (Wildman–Crippen LogP) is 2.27. The quantitative estimate of drug-likeness (QED) is 0.469. The number of nitrogens with zero attached hydrogens (tertiary/aromatic N) is 2. The molecule has 5 nitrogen and oxygen atoms in total. The van der Waals surface area contributed by atoms with Gasteiger partial charge in [0.2, 0.25) is 0 Å². The number of hydrogen-bond acceptors (Lipinski definition) is 5. The molecule has 1 aromatic carbocycles. The second-order valence-electron chi connectivity index (χ2n) is 3.81. The van der Waals surface area contributed by atoms with Gasteiger partial charge < -0.3 is 0 Å². The molecule has 0 amide bonds. The van der Waals surface area contributed by atoms with Gasteiger partial charge in [-0.2, -0.15) is 0 Å². The highest BCUT2D eigenvalue weighted by atomic mass is 32.2. The molecule has 0 radical (unpaired) electrons. The van der Waals surface area contributed by atoms with E-state index in [4.69, 9.17) is 0 Å². The maximum absolute atomic E-state index is 11.1. The molecule has 0 unspecified atom stereocenters. The van der Waals surface area contributed by atoms with E-state index >= 15 is 0 Å². The van der Waals surface area contributed by atoms with E-state index in [1.54, 1.807) is 24.1 Å². The van der Waals surface area contributed by atoms with Crippen LogP contribution in [-0.4, -0.2) is 28.1 Å². The Balaban J connectivity index is 1.95. The van der Waals surface area contributed by atoms with Gasteiger partial charge in [0, 0.05) is 43.0 Å². The van der Waals surface area contributed by atoms with E-state index < -0.39 is 4.92 Å². The molecule has 0 aromatic heterocycles. The van der Waals surface area contributed by atoms with Gasteiger partial charge in [-0.1, -0.05) is 0 Å². The predicted molar refractivity (Wildman–Crippen MR) is 64.8 cm³/mol. The van der Waals surface area contributed by atoms with E-state index in [-0.39, 0.29) is 5.69 Å². The van der Waals surface area contributed by atoms with Crippen molar-refractivity contribution in [1.82, 2.24) is 4.31 Å². The van der Waals surface area contributed by atoms with Crippen LogP contribution in [0.25, 0.3) is 0 Å². The second kappa shape index (κ2) is 5.29. The molecule has 0 N–H and O–H groups in total. The number of carbonyl (C=O) groups excluding carboxylic acids is 1. The minimum Gasteiger partial charge on any atom is -0.300 e. The summed E-state index contributed by atoms with van der Waals surface area (Å²) < 4.78 is 2.11. The van der Waals surface area contributed by atoms with Gasteiger partial charge in [0.05, 0.1) is 4.92 Å². The Bertz CT molecular complexity index is 423. The van der Waals surface area contributed by atoms with E-state index in [0.717, 1.165) is 18.0 Å². The van der Waals surface area contributed by atoms with Crippen molar-refractivity contribution < 1.29 is 9.72 Å². The highest BCUT2D eigenvalue weighted by Gasteiger charge is 2.17. The van der Waals surface area contributed by atoms with Crippen molar-refractivity contribution in [2.24, 2.45) is 0 Å². The van der Waals surface area contributed by atoms with E-state index in [0.29, 0.717) is 18.6 Å². The van der Waals surface area contributed by atoms with Crippen molar-refractivity contribution in [2.45, 2.75) is 17.7 Å². The van der Waals surface area contributed by atoms with Crippen LogP contribution in [0.3, 0.4) is 0 Å². The highest BCUT2D eigenvalue weighted by molar-refractivity contribution is 7.97. The van der Waals surface area contributed by atoms with E-state index in [1.165, 1.54) is 12.1 Å². The SMILES string of the molecule is O=C1CCN(Sc2ccc([N+](=O)[O-])cc2)CC1. The molecule has 1 saturated heterocycles. The van der Waals surface area contributed by atoms with Gasteiger partial charge in [0.25, 0.3) is 5.69 Å². The van der Waals surface area contributed by atoms with Crippen LogP contribution in [0.4, 0.5) is 5.69 Å². The molecule has 1 fully saturated rings.